The van der Waals surface area contributed by atoms with Crippen molar-refractivity contribution in [1.82, 2.24) is 30.3 Å². The second-order valence-corrected chi connectivity index (χ2v) is 10.1. The van der Waals surface area contributed by atoms with Gasteiger partial charge in [0.25, 0.3) is 11.8 Å². The molecule has 3 amide bonds. The Morgan fingerprint density at radius 1 is 1.16 bits per heavy atom. The van der Waals surface area contributed by atoms with Crippen molar-refractivity contribution in [1.29, 1.82) is 0 Å². The highest BCUT2D eigenvalue weighted by Crippen LogP contribution is 2.32. The number of nitrogens with zero attached hydrogens (tertiary/aromatic N) is 3. The van der Waals surface area contributed by atoms with Crippen LogP contribution in [-0.2, 0) is 17.9 Å². The number of hydrogen-bond donors (Lipinski definition) is 3. The van der Waals surface area contributed by atoms with Crippen molar-refractivity contribution in [2.24, 2.45) is 0 Å². The number of hydrogen-bond acceptors (Lipinski definition) is 4. The number of fused-ring (bicyclic) bond motifs is 1. The highest BCUT2D eigenvalue weighted by atomic mass is 19.1. The number of carbonyl (C=O) groups is 3. The van der Waals surface area contributed by atoms with Gasteiger partial charge in [-0.05, 0) is 55.2 Å². The Morgan fingerprint density at radius 3 is 2.58 bits per heavy atom. The van der Waals surface area contributed by atoms with Crippen LogP contribution in [0.1, 0.15) is 69.9 Å². The molecule has 0 saturated heterocycles. The molecule has 3 N–H and O–H groups in total. The molecule has 5 rings (SSSR count). The van der Waals surface area contributed by atoms with Gasteiger partial charge in [0.2, 0.25) is 5.91 Å². The van der Waals surface area contributed by atoms with Gasteiger partial charge in [-0.2, -0.15) is 5.10 Å². The van der Waals surface area contributed by atoms with Gasteiger partial charge in [-0.3, -0.25) is 19.1 Å². The third kappa shape index (κ3) is 5.25. The molecule has 9 nitrogen and oxygen atoms in total. The predicted octanol–water partition coefficient (Wildman–Crippen LogP) is 3.11. The Kier molecular flexibility index (Phi) is 7.13. The van der Waals surface area contributed by atoms with Crippen LogP contribution in [0, 0.1) is 5.82 Å². The number of nitrogens with one attached hydrogen (secondary N) is 3. The quantitative estimate of drug-likeness (QED) is 0.417. The number of H-pyrrole nitrogens is 1. The topological polar surface area (TPSA) is 112 Å². The number of carbonyl (C=O) groups excluding carboxylic acids is 3. The molecule has 1 aromatic carbocycles. The summed E-state index contributed by atoms with van der Waals surface area (Å²) in [6.07, 6.45) is 5.07. The van der Waals surface area contributed by atoms with E-state index in [2.05, 4.69) is 22.2 Å². The van der Waals surface area contributed by atoms with E-state index < -0.39 is 0 Å². The van der Waals surface area contributed by atoms with E-state index in [9.17, 15) is 18.8 Å². The molecule has 0 spiro atoms. The van der Waals surface area contributed by atoms with Crippen LogP contribution in [0.5, 0.6) is 0 Å². The van der Waals surface area contributed by atoms with E-state index in [0.29, 0.717) is 25.2 Å². The molecular weight excluding hydrogens is 487 g/mol. The van der Waals surface area contributed by atoms with E-state index in [4.69, 9.17) is 5.10 Å². The minimum atomic E-state index is -0.317. The lowest BCUT2D eigenvalue weighted by molar-refractivity contribution is -0.117. The van der Waals surface area contributed by atoms with Gasteiger partial charge in [-0.1, -0.05) is 25.6 Å². The van der Waals surface area contributed by atoms with Crippen molar-refractivity contribution in [2.75, 3.05) is 6.54 Å². The fraction of sp³-hybridized carbons (Fsp3) is 0.357. The van der Waals surface area contributed by atoms with E-state index in [0.717, 1.165) is 29.7 Å². The molecular formula is C28H31FN6O3. The van der Waals surface area contributed by atoms with Gasteiger partial charge in [0.05, 0.1) is 13.1 Å². The first-order chi connectivity index (χ1) is 18.3. The highest BCUT2D eigenvalue weighted by Gasteiger charge is 2.36. The third-order valence-corrected chi connectivity index (χ3v) is 7.28. The number of rotatable bonds is 7. The van der Waals surface area contributed by atoms with Crippen LogP contribution in [0.2, 0.25) is 0 Å². The van der Waals surface area contributed by atoms with Crippen molar-refractivity contribution >= 4 is 17.7 Å². The molecule has 1 fully saturated rings. The normalized spacial score (nSPS) is 20.6. The summed E-state index contributed by atoms with van der Waals surface area (Å²) in [4.78, 5) is 43.0. The van der Waals surface area contributed by atoms with Crippen molar-refractivity contribution in [3.05, 3.63) is 89.3 Å². The Hall–Kier alpha value is -4.21. The smallest absolute Gasteiger partial charge is 0.272 e. The van der Waals surface area contributed by atoms with Gasteiger partial charge < -0.3 is 20.5 Å². The second-order valence-electron chi connectivity index (χ2n) is 10.1. The summed E-state index contributed by atoms with van der Waals surface area (Å²) in [6, 6.07) is 9.59. The maximum atomic E-state index is 13.5. The summed E-state index contributed by atoms with van der Waals surface area (Å²) < 4.78 is 15.3. The van der Waals surface area contributed by atoms with E-state index in [1.54, 1.807) is 40.0 Å². The first-order valence-electron chi connectivity index (χ1n) is 12.8. The lowest BCUT2D eigenvalue weighted by Crippen LogP contribution is -2.40. The van der Waals surface area contributed by atoms with E-state index >= 15 is 0 Å². The number of halogens is 1. The Labute approximate surface area is 220 Å². The second kappa shape index (κ2) is 10.6. The maximum absolute atomic E-state index is 13.5. The number of amides is 3. The zero-order chi connectivity index (χ0) is 26.8. The first kappa shape index (κ1) is 25.4. The Morgan fingerprint density at radius 2 is 1.89 bits per heavy atom. The summed E-state index contributed by atoms with van der Waals surface area (Å²) in [6.45, 7) is 6.62. The largest absolute Gasteiger partial charge is 0.357 e. The summed E-state index contributed by atoms with van der Waals surface area (Å²) >= 11 is 0. The summed E-state index contributed by atoms with van der Waals surface area (Å²) in [5.41, 5.74) is 3.26. The first-order valence-corrected chi connectivity index (χ1v) is 12.8. The lowest BCUT2D eigenvalue weighted by atomic mass is 9.95. The molecule has 0 radical (unpaired) electrons. The molecule has 3 atom stereocenters. The van der Waals surface area contributed by atoms with E-state index in [-0.39, 0.29) is 53.8 Å². The van der Waals surface area contributed by atoms with Crippen LogP contribution in [-0.4, -0.2) is 56.0 Å². The summed E-state index contributed by atoms with van der Waals surface area (Å²) in [7, 11) is 0. The number of aromatic nitrogens is 3. The maximum Gasteiger partial charge on any atom is 0.272 e. The zero-order valence-electron chi connectivity index (χ0n) is 21.2. The van der Waals surface area contributed by atoms with Crippen LogP contribution in [0.25, 0.3) is 0 Å². The Bertz CT molecular complexity index is 1350. The van der Waals surface area contributed by atoms with E-state index in [1.165, 1.54) is 18.2 Å². The molecule has 1 saturated carbocycles. The molecule has 3 heterocycles. The molecule has 1 aliphatic carbocycles. The molecule has 2 aliphatic rings. The monoisotopic (exact) mass is 518 g/mol. The van der Waals surface area contributed by atoms with Gasteiger partial charge in [-0.15, -0.1) is 0 Å². The van der Waals surface area contributed by atoms with Gasteiger partial charge >= 0.3 is 0 Å². The average Bonchev–Trinajstić information content (AvgIpc) is 3.66. The third-order valence-electron chi connectivity index (χ3n) is 7.28. The molecule has 2 aromatic heterocycles. The number of aromatic amines is 1. The molecule has 10 heteroatoms. The van der Waals surface area contributed by atoms with Crippen LogP contribution >= 0.6 is 0 Å². The van der Waals surface area contributed by atoms with Gasteiger partial charge in [0, 0.05) is 42.0 Å². The van der Waals surface area contributed by atoms with Crippen LogP contribution in [0.15, 0.2) is 55.3 Å². The standard InChI is InChI=1S/C28H31FN6O3/c1-3-24(36)31-20-10-11-21(13-20)32-27(37)25-22-16-34(28(38)23-5-4-12-30-23)14-17(2)26(22)35(33-25)15-18-6-8-19(29)9-7-18/h3-9,12,17,20-21,30H,1,10-11,13-16H2,2H3,(H,31,36)(H,32,37). The highest BCUT2D eigenvalue weighted by molar-refractivity contribution is 5.96. The van der Waals surface area contributed by atoms with Crippen molar-refractivity contribution in [2.45, 2.75) is 57.3 Å². The molecule has 0 bridgehead atoms. The molecule has 38 heavy (non-hydrogen) atoms. The molecule has 3 unspecified atom stereocenters. The van der Waals surface area contributed by atoms with Gasteiger partial charge in [-0.25, -0.2) is 4.39 Å². The summed E-state index contributed by atoms with van der Waals surface area (Å²) in [5.74, 6) is -1.06. The minimum Gasteiger partial charge on any atom is -0.357 e. The van der Waals surface area contributed by atoms with E-state index in [1.807, 2.05) is 6.92 Å². The molecule has 1 aliphatic heterocycles. The van der Waals surface area contributed by atoms with Crippen LogP contribution < -0.4 is 10.6 Å². The average molecular weight is 519 g/mol. The van der Waals surface area contributed by atoms with Crippen molar-refractivity contribution < 1.29 is 18.8 Å². The predicted molar refractivity (Wildman–Crippen MR) is 139 cm³/mol. The lowest BCUT2D eigenvalue weighted by Gasteiger charge is -2.32. The number of benzene rings is 1. The van der Waals surface area contributed by atoms with Crippen molar-refractivity contribution in [3.63, 3.8) is 0 Å². The van der Waals surface area contributed by atoms with Gasteiger partial charge in [0.1, 0.15) is 11.5 Å². The molecule has 198 valence electrons. The fourth-order valence-electron chi connectivity index (χ4n) is 5.50. The minimum absolute atomic E-state index is 0.0234. The van der Waals surface area contributed by atoms with Crippen LogP contribution in [0.3, 0.4) is 0 Å². The summed E-state index contributed by atoms with van der Waals surface area (Å²) in [5, 5.41) is 10.7. The SMILES string of the molecule is C=CC(=O)NC1CCC(NC(=O)c2nn(Cc3ccc(F)cc3)c3c2CN(C(=O)c2ccc[nH]2)CC3C)C1. The van der Waals surface area contributed by atoms with Gasteiger partial charge in [0.15, 0.2) is 5.69 Å². The van der Waals surface area contributed by atoms with Crippen molar-refractivity contribution in [3.8, 4) is 0 Å². The van der Waals surface area contributed by atoms with Crippen LogP contribution in [0.4, 0.5) is 4.39 Å². The molecule has 3 aromatic rings. The zero-order valence-corrected chi connectivity index (χ0v) is 21.2. The fourth-order valence-corrected chi connectivity index (χ4v) is 5.50. The Balaban J connectivity index is 1.41.